The highest BCUT2D eigenvalue weighted by Crippen LogP contribution is 2.27. The van der Waals surface area contributed by atoms with E-state index in [2.05, 4.69) is 0 Å². The van der Waals surface area contributed by atoms with Crippen LogP contribution in [0.3, 0.4) is 0 Å². The Hall–Kier alpha value is -1.69. The van der Waals surface area contributed by atoms with Gasteiger partial charge in [0.25, 0.3) is 5.69 Å². The van der Waals surface area contributed by atoms with Crippen molar-refractivity contribution in [3.63, 3.8) is 0 Å². The number of nitrogens with zero attached hydrogens (tertiary/aromatic N) is 1. The first-order valence-corrected chi connectivity index (χ1v) is 3.81. The molecular formula is C8H9FN2O3. The topological polar surface area (TPSA) is 78.4 Å². The first kappa shape index (κ1) is 10.4. The van der Waals surface area contributed by atoms with Crippen LogP contribution in [-0.4, -0.2) is 12.0 Å². The van der Waals surface area contributed by atoms with Crippen LogP contribution in [0.5, 0.6) is 5.75 Å². The lowest BCUT2D eigenvalue weighted by Gasteiger charge is -2.04. The number of benzene rings is 1. The van der Waals surface area contributed by atoms with Crippen molar-refractivity contribution in [1.82, 2.24) is 0 Å². The zero-order valence-electron chi connectivity index (χ0n) is 7.49. The van der Waals surface area contributed by atoms with Gasteiger partial charge in [0.15, 0.2) is 0 Å². The van der Waals surface area contributed by atoms with E-state index in [9.17, 15) is 14.5 Å². The highest BCUT2D eigenvalue weighted by molar-refractivity contribution is 5.46. The Morgan fingerprint density at radius 1 is 1.64 bits per heavy atom. The third kappa shape index (κ3) is 1.80. The molecule has 0 aliphatic rings. The Labute approximate surface area is 79.4 Å². The van der Waals surface area contributed by atoms with Crippen LogP contribution in [0.1, 0.15) is 5.56 Å². The highest BCUT2D eigenvalue weighted by Gasteiger charge is 2.18. The average molecular weight is 200 g/mol. The van der Waals surface area contributed by atoms with E-state index >= 15 is 0 Å². The van der Waals surface area contributed by atoms with E-state index in [-0.39, 0.29) is 23.5 Å². The summed E-state index contributed by atoms with van der Waals surface area (Å²) in [6, 6.07) is 2.21. The normalized spacial score (nSPS) is 9.93. The van der Waals surface area contributed by atoms with E-state index in [4.69, 9.17) is 10.5 Å². The quantitative estimate of drug-likeness (QED) is 0.587. The Morgan fingerprint density at radius 3 is 2.71 bits per heavy atom. The lowest BCUT2D eigenvalue weighted by molar-refractivity contribution is -0.385. The smallest absolute Gasteiger partial charge is 0.280 e. The van der Waals surface area contributed by atoms with Gasteiger partial charge in [-0.2, -0.15) is 0 Å². The minimum absolute atomic E-state index is 0.103. The molecule has 0 atom stereocenters. The Kier molecular flexibility index (Phi) is 2.98. The number of hydrogen-bond donors (Lipinski definition) is 1. The Bertz CT molecular complexity index is 368. The predicted octanol–water partition coefficient (Wildman–Crippen LogP) is 1.20. The van der Waals surface area contributed by atoms with Gasteiger partial charge in [0.1, 0.15) is 11.6 Å². The lowest BCUT2D eigenvalue weighted by atomic mass is 10.1. The summed E-state index contributed by atoms with van der Waals surface area (Å²) in [4.78, 5) is 9.84. The number of nitro benzene ring substituents is 1. The molecule has 0 amide bonds. The van der Waals surface area contributed by atoms with Gasteiger partial charge >= 0.3 is 0 Å². The predicted molar refractivity (Wildman–Crippen MR) is 47.5 cm³/mol. The van der Waals surface area contributed by atoms with Crippen LogP contribution in [0.25, 0.3) is 0 Å². The van der Waals surface area contributed by atoms with Crippen molar-refractivity contribution in [3.8, 4) is 5.75 Å². The van der Waals surface area contributed by atoms with E-state index in [0.29, 0.717) is 0 Å². The first-order valence-electron chi connectivity index (χ1n) is 3.81. The fraction of sp³-hybridized carbons (Fsp3) is 0.250. The number of nitro groups is 1. The number of methoxy groups -OCH3 is 1. The van der Waals surface area contributed by atoms with E-state index in [0.717, 1.165) is 12.1 Å². The van der Waals surface area contributed by atoms with Crippen LogP contribution in [0, 0.1) is 15.9 Å². The molecule has 2 N–H and O–H groups in total. The van der Waals surface area contributed by atoms with E-state index < -0.39 is 10.7 Å². The number of rotatable bonds is 3. The lowest BCUT2D eigenvalue weighted by Crippen LogP contribution is -2.05. The average Bonchev–Trinajstić information content (AvgIpc) is 2.16. The van der Waals surface area contributed by atoms with Crippen LogP contribution < -0.4 is 10.5 Å². The van der Waals surface area contributed by atoms with Crippen molar-refractivity contribution < 1.29 is 14.1 Å². The third-order valence-corrected chi connectivity index (χ3v) is 1.78. The molecular weight excluding hydrogens is 191 g/mol. The second-order valence-electron chi connectivity index (χ2n) is 2.57. The van der Waals surface area contributed by atoms with Gasteiger partial charge in [0.2, 0.25) is 0 Å². The Balaban J connectivity index is 3.35. The minimum Gasteiger partial charge on any atom is -0.496 e. The maximum Gasteiger partial charge on any atom is 0.280 e. The molecule has 6 heteroatoms. The molecule has 1 aromatic rings. The van der Waals surface area contributed by atoms with Gasteiger partial charge in [-0.25, -0.2) is 4.39 Å². The highest BCUT2D eigenvalue weighted by atomic mass is 19.1. The summed E-state index contributed by atoms with van der Waals surface area (Å²) in [6.45, 7) is -0.216. The SMILES string of the molecule is COc1cc(F)c(CN)c([N+](=O)[O-])c1. The van der Waals surface area contributed by atoms with Gasteiger partial charge in [-0.1, -0.05) is 0 Å². The van der Waals surface area contributed by atoms with E-state index in [1.54, 1.807) is 0 Å². The van der Waals surface area contributed by atoms with Crippen molar-refractivity contribution in [2.45, 2.75) is 6.54 Å². The van der Waals surface area contributed by atoms with Crippen LogP contribution in [-0.2, 0) is 6.54 Å². The fourth-order valence-corrected chi connectivity index (χ4v) is 1.08. The molecule has 0 saturated carbocycles. The van der Waals surface area contributed by atoms with Crippen molar-refractivity contribution in [1.29, 1.82) is 0 Å². The number of nitrogens with two attached hydrogens (primary N) is 1. The molecule has 76 valence electrons. The Morgan fingerprint density at radius 2 is 2.29 bits per heavy atom. The summed E-state index contributed by atoms with van der Waals surface area (Å²) < 4.78 is 17.9. The van der Waals surface area contributed by atoms with Gasteiger partial charge in [0.05, 0.1) is 23.7 Å². The molecule has 1 rings (SSSR count). The molecule has 0 saturated heterocycles. The standard InChI is InChI=1S/C8H9FN2O3/c1-14-5-2-7(9)6(4-10)8(3-5)11(12)13/h2-3H,4,10H2,1H3. The largest absolute Gasteiger partial charge is 0.496 e. The maximum absolute atomic E-state index is 13.2. The molecule has 0 aliphatic carbocycles. The van der Waals surface area contributed by atoms with Crippen molar-refractivity contribution in [3.05, 3.63) is 33.6 Å². The van der Waals surface area contributed by atoms with Gasteiger partial charge in [-0.3, -0.25) is 10.1 Å². The molecule has 0 unspecified atom stereocenters. The molecule has 5 nitrogen and oxygen atoms in total. The number of hydrogen-bond acceptors (Lipinski definition) is 4. The molecule has 0 radical (unpaired) electrons. The first-order chi connectivity index (χ1) is 6.60. The van der Waals surface area contributed by atoms with Crippen molar-refractivity contribution >= 4 is 5.69 Å². The van der Waals surface area contributed by atoms with Gasteiger partial charge in [-0.05, 0) is 0 Å². The number of halogens is 1. The zero-order chi connectivity index (χ0) is 10.7. The van der Waals surface area contributed by atoms with Crippen molar-refractivity contribution in [2.24, 2.45) is 5.73 Å². The zero-order valence-corrected chi connectivity index (χ0v) is 7.49. The molecule has 0 heterocycles. The molecule has 1 aromatic carbocycles. The second kappa shape index (κ2) is 4.01. The summed E-state index contributed by atoms with van der Waals surface area (Å²) in [5.74, 6) is -0.620. The summed E-state index contributed by atoms with van der Waals surface area (Å²) in [5.41, 5.74) is 4.72. The third-order valence-electron chi connectivity index (χ3n) is 1.78. The summed E-state index contributed by atoms with van der Waals surface area (Å²) in [5, 5.41) is 10.5. The molecule has 0 aliphatic heterocycles. The molecule has 0 spiro atoms. The van der Waals surface area contributed by atoms with E-state index in [1.165, 1.54) is 7.11 Å². The molecule has 0 fully saturated rings. The molecule has 0 bridgehead atoms. The van der Waals surface area contributed by atoms with Crippen LogP contribution in [0.4, 0.5) is 10.1 Å². The molecule has 14 heavy (non-hydrogen) atoms. The second-order valence-corrected chi connectivity index (χ2v) is 2.57. The number of ether oxygens (including phenoxy) is 1. The van der Waals surface area contributed by atoms with Gasteiger partial charge < -0.3 is 10.5 Å². The minimum atomic E-state index is -0.724. The molecule has 0 aromatic heterocycles. The van der Waals surface area contributed by atoms with Crippen LogP contribution in [0.15, 0.2) is 12.1 Å². The fourth-order valence-electron chi connectivity index (χ4n) is 1.08. The van der Waals surface area contributed by atoms with E-state index in [1.807, 2.05) is 0 Å². The van der Waals surface area contributed by atoms with Crippen molar-refractivity contribution in [2.75, 3.05) is 7.11 Å². The summed E-state index contributed by atoms with van der Waals surface area (Å²) in [6.07, 6.45) is 0. The summed E-state index contributed by atoms with van der Waals surface area (Å²) >= 11 is 0. The van der Waals surface area contributed by atoms with Gasteiger partial charge in [0, 0.05) is 12.6 Å². The maximum atomic E-state index is 13.2. The van der Waals surface area contributed by atoms with Crippen LogP contribution >= 0.6 is 0 Å². The van der Waals surface area contributed by atoms with Crippen LogP contribution in [0.2, 0.25) is 0 Å². The monoisotopic (exact) mass is 200 g/mol. The summed E-state index contributed by atoms with van der Waals surface area (Å²) in [7, 11) is 1.31. The van der Waals surface area contributed by atoms with Gasteiger partial charge in [-0.15, -0.1) is 0 Å².